The molecule has 3 nitrogen and oxygen atoms in total. The first-order chi connectivity index (χ1) is 12.6. The van der Waals surface area contributed by atoms with Crippen molar-refractivity contribution in [2.24, 2.45) is 0 Å². The summed E-state index contributed by atoms with van der Waals surface area (Å²) < 4.78 is 5.80. The van der Waals surface area contributed by atoms with Crippen LogP contribution in [0, 0.1) is 0 Å². The first kappa shape index (κ1) is 20.5. The number of hydrogen-bond acceptors (Lipinski definition) is 3. The second-order valence-electron chi connectivity index (χ2n) is 7.06. The summed E-state index contributed by atoms with van der Waals surface area (Å²) in [6, 6.07) is 18.2. The predicted octanol–water partition coefficient (Wildman–Crippen LogP) is 5.20. The maximum Gasteiger partial charge on any atom is 0.119 e. The van der Waals surface area contributed by atoms with Crippen LogP contribution in [0.2, 0.25) is 0 Å². The fraction of sp³-hybridized carbons (Fsp3) is 0.478. The van der Waals surface area contributed by atoms with Crippen molar-refractivity contribution >= 4 is 0 Å². The molecule has 3 heteroatoms. The molecule has 2 aromatic carbocycles. The summed E-state index contributed by atoms with van der Waals surface area (Å²) in [6.45, 7) is 5.86. The molecule has 0 aliphatic carbocycles. The van der Waals surface area contributed by atoms with Gasteiger partial charge >= 0.3 is 0 Å². The van der Waals surface area contributed by atoms with E-state index in [1.165, 1.54) is 24.8 Å². The summed E-state index contributed by atoms with van der Waals surface area (Å²) in [6.07, 6.45) is 4.39. The molecular weight excluding hydrogens is 322 g/mol. The van der Waals surface area contributed by atoms with Crippen molar-refractivity contribution in [3.63, 3.8) is 0 Å². The van der Waals surface area contributed by atoms with E-state index in [1.54, 1.807) is 0 Å². The fourth-order valence-electron chi connectivity index (χ4n) is 3.01. The molecule has 0 aromatic heterocycles. The number of hydrogen-bond donors (Lipinski definition) is 1. The van der Waals surface area contributed by atoms with E-state index in [0.29, 0.717) is 0 Å². The maximum absolute atomic E-state index is 10.6. The summed E-state index contributed by atoms with van der Waals surface area (Å²) in [5.74, 6) is 0.935. The van der Waals surface area contributed by atoms with E-state index < -0.39 is 6.10 Å². The lowest BCUT2D eigenvalue weighted by molar-refractivity contribution is 0.0688. The zero-order valence-corrected chi connectivity index (χ0v) is 16.4. The summed E-state index contributed by atoms with van der Waals surface area (Å²) in [7, 11) is 2.05. The Morgan fingerprint density at radius 3 is 2.31 bits per heavy atom. The van der Waals surface area contributed by atoms with Gasteiger partial charge in [0, 0.05) is 12.6 Å². The Labute approximate surface area is 158 Å². The number of aliphatic hydroxyl groups is 1. The average molecular weight is 356 g/mol. The molecule has 1 N–H and O–H groups in total. The van der Waals surface area contributed by atoms with E-state index in [4.69, 9.17) is 4.74 Å². The van der Waals surface area contributed by atoms with Crippen LogP contribution in [0.15, 0.2) is 54.6 Å². The lowest BCUT2D eigenvalue weighted by Crippen LogP contribution is -2.33. The van der Waals surface area contributed by atoms with Crippen LogP contribution in [0.25, 0.3) is 0 Å². The molecule has 0 aliphatic heterocycles. The van der Waals surface area contributed by atoms with Crippen LogP contribution in [0.3, 0.4) is 0 Å². The van der Waals surface area contributed by atoms with E-state index >= 15 is 0 Å². The van der Waals surface area contributed by atoms with E-state index in [0.717, 1.165) is 30.9 Å². The molecule has 0 heterocycles. The molecule has 142 valence electrons. The molecule has 0 radical (unpaired) electrons. The number of aliphatic hydroxyl groups excluding tert-OH is 1. The number of likely N-dealkylation sites (N-methyl/N-ethyl adjacent to an activating group) is 1. The van der Waals surface area contributed by atoms with Crippen LogP contribution in [0.4, 0.5) is 0 Å². The lowest BCUT2D eigenvalue weighted by atomic mass is 10.0. The fourth-order valence-corrected chi connectivity index (χ4v) is 3.01. The molecule has 0 fully saturated rings. The Hall–Kier alpha value is -1.84. The third kappa shape index (κ3) is 6.47. The van der Waals surface area contributed by atoms with Gasteiger partial charge in [-0.05, 0) is 43.7 Å². The Morgan fingerprint density at radius 1 is 0.962 bits per heavy atom. The molecule has 0 amide bonds. The summed E-state index contributed by atoms with van der Waals surface area (Å²) in [5, 5.41) is 10.6. The SMILES string of the molecule is CCCCCCOc1ccc(CN(C)C(C)C(O)c2ccccc2)cc1. The van der Waals surface area contributed by atoms with Crippen LogP contribution in [-0.2, 0) is 6.54 Å². The minimum absolute atomic E-state index is 0.0342. The summed E-state index contributed by atoms with van der Waals surface area (Å²) >= 11 is 0. The Balaban J connectivity index is 1.82. The highest BCUT2D eigenvalue weighted by atomic mass is 16.5. The smallest absolute Gasteiger partial charge is 0.119 e. The summed E-state index contributed by atoms with van der Waals surface area (Å²) in [4.78, 5) is 2.18. The molecule has 0 bridgehead atoms. The van der Waals surface area contributed by atoms with Gasteiger partial charge in [-0.1, -0.05) is 68.7 Å². The van der Waals surface area contributed by atoms with Crippen molar-refractivity contribution in [3.05, 3.63) is 65.7 Å². The van der Waals surface area contributed by atoms with Crippen molar-refractivity contribution in [1.29, 1.82) is 0 Å². The number of nitrogens with zero attached hydrogens (tertiary/aromatic N) is 1. The third-order valence-corrected chi connectivity index (χ3v) is 4.92. The van der Waals surface area contributed by atoms with Gasteiger partial charge in [-0.25, -0.2) is 0 Å². The molecule has 2 aromatic rings. The molecule has 0 aliphatic rings. The number of unbranched alkanes of at least 4 members (excludes halogenated alkanes) is 3. The van der Waals surface area contributed by atoms with Gasteiger partial charge < -0.3 is 9.84 Å². The molecule has 2 unspecified atom stereocenters. The molecular formula is C23H33NO2. The first-order valence-electron chi connectivity index (χ1n) is 9.76. The van der Waals surface area contributed by atoms with Crippen LogP contribution in [0.1, 0.15) is 56.8 Å². The van der Waals surface area contributed by atoms with E-state index in [2.05, 4.69) is 37.9 Å². The van der Waals surface area contributed by atoms with Crippen LogP contribution in [-0.4, -0.2) is 29.7 Å². The van der Waals surface area contributed by atoms with Crippen LogP contribution in [0.5, 0.6) is 5.75 Å². The Kier molecular flexibility index (Phi) is 8.66. The topological polar surface area (TPSA) is 32.7 Å². The van der Waals surface area contributed by atoms with Crippen molar-refractivity contribution in [1.82, 2.24) is 4.90 Å². The Morgan fingerprint density at radius 2 is 1.65 bits per heavy atom. The molecule has 2 atom stereocenters. The average Bonchev–Trinajstić information content (AvgIpc) is 2.68. The predicted molar refractivity (Wildman–Crippen MR) is 108 cm³/mol. The highest BCUT2D eigenvalue weighted by molar-refractivity contribution is 5.27. The standard InChI is InChI=1S/C23H33NO2/c1-4-5-6-10-17-26-22-15-13-20(14-16-22)18-24(3)19(2)23(25)21-11-8-7-9-12-21/h7-9,11-16,19,23,25H,4-6,10,17-18H2,1-3H3. The monoisotopic (exact) mass is 355 g/mol. The maximum atomic E-state index is 10.6. The third-order valence-electron chi connectivity index (χ3n) is 4.92. The summed E-state index contributed by atoms with van der Waals surface area (Å²) in [5.41, 5.74) is 2.18. The number of rotatable bonds is 11. The largest absolute Gasteiger partial charge is 0.494 e. The zero-order valence-electron chi connectivity index (χ0n) is 16.4. The highest BCUT2D eigenvalue weighted by Crippen LogP contribution is 2.22. The van der Waals surface area contributed by atoms with Gasteiger partial charge in [0.25, 0.3) is 0 Å². The molecule has 26 heavy (non-hydrogen) atoms. The van der Waals surface area contributed by atoms with Crippen molar-refractivity contribution in [2.45, 2.75) is 58.2 Å². The molecule has 0 spiro atoms. The Bertz CT molecular complexity index is 612. The van der Waals surface area contributed by atoms with Crippen molar-refractivity contribution in [2.75, 3.05) is 13.7 Å². The second kappa shape index (κ2) is 11.0. The van der Waals surface area contributed by atoms with Gasteiger partial charge in [0.2, 0.25) is 0 Å². The van der Waals surface area contributed by atoms with Crippen LogP contribution < -0.4 is 4.74 Å². The second-order valence-corrected chi connectivity index (χ2v) is 7.06. The van der Waals surface area contributed by atoms with Gasteiger partial charge in [0.15, 0.2) is 0 Å². The van der Waals surface area contributed by atoms with E-state index in [9.17, 15) is 5.11 Å². The normalized spacial score (nSPS) is 13.6. The lowest BCUT2D eigenvalue weighted by Gasteiger charge is -2.29. The molecule has 0 saturated heterocycles. The van der Waals surface area contributed by atoms with Gasteiger partial charge in [-0.2, -0.15) is 0 Å². The minimum atomic E-state index is -0.494. The van der Waals surface area contributed by atoms with Gasteiger partial charge in [-0.3, -0.25) is 4.90 Å². The molecule has 0 saturated carbocycles. The highest BCUT2D eigenvalue weighted by Gasteiger charge is 2.20. The minimum Gasteiger partial charge on any atom is -0.494 e. The first-order valence-corrected chi connectivity index (χ1v) is 9.76. The van der Waals surface area contributed by atoms with Crippen molar-refractivity contribution in [3.8, 4) is 5.75 Å². The zero-order chi connectivity index (χ0) is 18.8. The quantitative estimate of drug-likeness (QED) is 0.562. The van der Waals surface area contributed by atoms with E-state index in [-0.39, 0.29) is 6.04 Å². The van der Waals surface area contributed by atoms with Gasteiger partial charge in [-0.15, -0.1) is 0 Å². The van der Waals surface area contributed by atoms with Gasteiger partial charge in [0.05, 0.1) is 12.7 Å². The van der Waals surface area contributed by atoms with Gasteiger partial charge in [0.1, 0.15) is 5.75 Å². The van der Waals surface area contributed by atoms with Crippen LogP contribution >= 0.6 is 0 Å². The van der Waals surface area contributed by atoms with E-state index in [1.807, 2.05) is 42.5 Å². The molecule has 2 rings (SSSR count). The van der Waals surface area contributed by atoms with Crippen molar-refractivity contribution < 1.29 is 9.84 Å². The number of ether oxygens (including phenoxy) is 1. The number of benzene rings is 2.